The van der Waals surface area contributed by atoms with Crippen LogP contribution in [-0.2, 0) is 25.7 Å². The Morgan fingerprint density at radius 1 is 1.14 bits per heavy atom. The number of aliphatic hydroxyl groups excluding tert-OH is 3. The summed E-state index contributed by atoms with van der Waals surface area (Å²) in [6, 6.07) is 7.55. The van der Waals surface area contributed by atoms with Gasteiger partial charge in [0.05, 0.1) is 24.9 Å². The zero-order valence-corrected chi connectivity index (χ0v) is 25.9. The first-order valence-corrected chi connectivity index (χ1v) is 13.6. The van der Waals surface area contributed by atoms with Gasteiger partial charge in [-0.15, -0.1) is 0 Å². The van der Waals surface area contributed by atoms with E-state index in [4.69, 9.17) is 21.1 Å². The Balaban J connectivity index is 0.00000506. The maximum absolute atomic E-state index is 14.2. The van der Waals surface area contributed by atoms with Crippen LogP contribution in [0.25, 0.3) is 0 Å². The second-order valence-corrected chi connectivity index (χ2v) is 10.8. The molecule has 1 saturated carbocycles. The second-order valence-electron chi connectivity index (χ2n) is 10.4. The van der Waals surface area contributed by atoms with Crippen LogP contribution in [0.5, 0.6) is 0 Å². The van der Waals surface area contributed by atoms with Crippen molar-refractivity contribution >= 4 is 29.4 Å². The number of rotatable bonds is 12. The number of benzene rings is 2. The zero-order valence-electron chi connectivity index (χ0n) is 23.2. The first kappa shape index (κ1) is 35.3. The molecule has 1 heterocycles. The second kappa shape index (κ2) is 15.2. The molecule has 1 saturated heterocycles. The SMILES string of the molecule is O=C(CC1CC1)N[C@H]1[C@H]([C@@H](O)[C@H](O)CNC(=O)c2ccc(Cl)cc2)O[C@@](OCc2cccc(F)c2F)(C(=O)[O-])C[C@@H]1O.[Na+]. The molecule has 5 N–H and O–H groups in total. The van der Waals surface area contributed by atoms with Crippen LogP contribution in [0.15, 0.2) is 42.5 Å². The minimum Gasteiger partial charge on any atom is -0.544 e. The quantitative estimate of drug-likeness (QED) is 0.154. The van der Waals surface area contributed by atoms with E-state index in [-0.39, 0.29) is 53.0 Å². The summed E-state index contributed by atoms with van der Waals surface area (Å²) >= 11 is 5.82. The van der Waals surface area contributed by atoms with Crippen molar-refractivity contribution in [2.45, 2.75) is 68.5 Å². The van der Waals surface area contributed by atoms with Crippen molar-refractivity contribution in [3.05, 3.63) is 70.2 Å². The minimum absolute atomic E-state index is 0. The van der Waals surface area contributed by atoms with Gasteiger partial charge in [-0.25, -0.2) is 8.78 Å². The number of aliphatic carboxylic acids is 1. The Morgan fingerprint density at radius 2 is 1.81 bits per heavy atom. The van der Waals surface area contributed by atoms with Crippen molar-refractivity contribution in [1.82, 2.24) is 10.6 Å². The van der Waals surface area contributed by atoms with E-state index in [0.29, 0.717) is 5.02 Å². The van der Waals surface area contributed by atoms with Gasteiger partial charge in [0.1, 0.15) is 18.2 Å². The smallest absolute Gasteiger partial charge is 0.544 e. The number of hydrogen-bond donors (Lipinski definition) is 5. The predicted octanol–water partition coefficient (Wildman–Crippen LogP) is -2.83. The molecule has 6 atom stereocenters. The van der Waals surface area contributed by atoms with Gasteiger partial charge in [0.15, 0.2) is 11.6 Å². The Kier molecular flexibility index (Phi) is 12.5. The van der Waals surface area contributed by atoms with Gasteiger partial charge in [-0.05, 0) is 49.1 Å². The van der Waals surface area contributed by atoms with Crippen LogP contribution in [0.4, 0.5) is 8.78 Å². The Bertz CT molecular complexity index is 1300. The molecular weight excluding hydrogens is 605 g/mol. The molecule has 1 aliphatic carbocycles. The maximum Gasteiger partial charge on any atom is 1.00 e. The van der Waals surface area contributed by atoms with E-state index < -0.39 is 85.2 Å². The van der Waals surface area contributed by atoms with E-state index in [1.807, 2.05) is 0 Å². The van der Waals surface area contributed by atoms with Gasteiger partial charge < -0.3 is 45.3 Å². The molecule has 0 aromatic heterocycles. The van der Waals surface area contributed by atoms with E-state index in [9.17, 15) is 43.6 Å². The van der Waals surface area contributed by atoms with Gasteiger partial charge in [-0.3, -0.25) is 9.59 Å². The molecule has 2 fully saturated rings. The molecule has 2 aromatic rings. The molecule has 15 heteroatoms. The fraction of sp³-hybridized carbons (Fsp3) is 0.464. The summed E-state index contributed by atoms with van der Waals surface area (Å²) in [5.41, 5.74) is -0.166. The number of ether oxygens (including phenoxy) is 2. The summed E-state index contributed by atoms with van der Waals surface area (Å²) in [7, 11) is 0. The molecule has 2 aliphatic rings. The number of halogens is 3. The van der Waals surface area contributed by atoms with Crippen LogP contribution in [-0.4, -0.2) is 75.9 Å². The van der Waals surface area contributed by atoms with E-state index in [2.05, 4.69) is 10.6 Å². The normalized spacial score (nSPS) is 24.7. The van der Waals surface area contributed by atoms with Crippen LogP contribution < -0.4 is 45.3 Å². The standard InChI is InChI=1S/C28H31ClF2N2O9.Na/c29-17-8-6-15(7-9-17)26(38)32-12-20(35)24(37)25-23(33-21(36)10-14-4-5-14)19(34)11-28(42-25,27(39)40)41-13-16-2-1-3-18(30)22(16)31;/h1-3,6-9,14,19-20,23-25,34-35,37H,4-5,10-13H2,(H,32,38)(H,33,36)(H,39,40);/q;+1/p-1/t19-,20+,23+,24-,25+,28+;/m0./s1. The predicted molar refractivity (Wildman–Crippen MR) is 139 cm³/mol. The van der Waals surface area contributed by atoms with Gasteiger partial charge >= 0.3 is 29.6 Å². The Morgan fingerprint density at radius 3 is 2.44 bits per heavy atom. The monoisotopic (exact) mass is 634 g/mol. The van der Waals surface area contributed by atoms with Crippen molar-refractivity contribution in [3.63, 3.8) is 0 Å². The number of carboxylic acid groups (broad SMARTS) is 1. The van der Waals surface area contributed by atoms with Gasteiger partial charge in [0.25, 0.3) is 5.91 Å². The molecule has 0 unspecified atom stereocenters. The number of carboxylic acids is 1. The summed E-state index contributed by atoms with van der Waals surface area (Å²) in [4.78, 5) is 37.3. The molecule has 228 valence electrons. The molecule has 2 aromatic carbocycles. The molecule has 1 aliphatic heterocycles. The summed E-state index contributed by atoms with van der Waals surface area (Å²) in [6.07, 6.45) is -6.34. The maximum atomic E-state index is 14.2. The van der Waals surface area contributed by atoms with Crippen LogP contribution >= 0.6 is 11.6 Å². The largest absolute Gasteiger partial charge is 1.00 e. The molecule has 0 bridgehead atoms. The molecule has 2 amide bonds. The third kappa shape index (κ3) is 8.93. The number of nitrogens with one attached hydrogen (secondary N) is 2. The summed E-state index contributed by atoms with van der Waals surface area (Å²) in [5, 5.41) is 50.3. The van der Waals surface area contributed by atoms with Gasteiger partial charge in [-0.2, -0.15) is 0 Å². The van der Waals surface area contributed by atoms with Crippen molar-refractivity contribution in [3.8, 4) is 0 Å². The molecule has 43 heavy (non-hydrogen) atoms. The average molecular weight is 635 g/mol. The summed E-state index contributed by atoms with van der Waals surface area (Å²) in [5.74, 6) is -8.29. The van der Waals surface area contributed by atoms with E-state index in [1.54, 1.807) is 0 Å². The zero-order chi connectivity index (χ0) is 30.6. The average Bonchev–Trinajstić information content (AvgIpc) is 3.77. The summed E-state index contributed by atoms with van der Waals surface area (Å²) in [6.45, 7) is -1.37. The van der Waals surface area contributed by atoms with Gasteiger partial charge in [0.2, 0.25) is 11.7 Å². The minimum atomic E-state index is -2.80. The molecule has 4 rings (SSSR count). The topological polar surface area (TPSA) is 177 Å². The number of aliphatic hydroxyl groups is 3. The number of amides is 2. The van der Waals surface area contributed by atoms with Gasteiger partial charge in [-0.1, -0.05) is 23.7 Å². The fourth-order valence-electron chi connectivity index (χ4n) is 4.63. The van der Waals surface area contributed by atoms with E-state index >= 15 is 0 Å². The number of hydrogen-bond acceptors (Lipinski definition) is 9. The molecule has 0 spiro atoms. The van der Waals surface area contributed by atoms with E-state index in [1.165, 1.54) is 30.3 Å². The molecule has 11 nitrogen and oxygen atoms in total. The first-order chi connectivity index (χ1) is 19.9. The Labute approximate surface area is 272 Å². The van der Waals surface area contributed by atoms with Crippen LogP contribution in [0, 0.1) is 17.6 Å². The first-order valence-electron chi connectivity index (χ1n) is 13.2. The molecular formula is C28H30ClF2N2NaO9. The van der Waals surface area contributed by atoms with Crippen molar-refractivity contribution < 1.29 is 82.6 Å². The number of carbonyl (C=O) groups excluding carboxylic acids is 3. The van der Waals surface area contributed by atoms with E-state index in [0.717, 1.165) is 25.0 Å². The van der Waals surface area contributed by atoms with Crippen molar-refractivity contribution in [2.75, 3.05) is 6.54 Å². The van der Waals surface area contributed by atoms with Gasteiger partial charge in [0, 0.05) is 35.5 Å². The molecule has 0 radical (unpaired) electrons. The van der Waals surface area contributed by atoms with Crippen LogP contribution in [0.3, 0.4) is 0 Å². The van der Waals surface area contributed by atoms with Crippen LogP contribution in [0.1, 0.15) is 41.6 Å². The van der Waals surface area contributed by atoms with Crippen molar-refractivity contribution in [1.29, 1.82) is 0 Å². The Hall–Kier alpha value is -2.20. The third-order valence-electron chi connectivity index (χ3n) is 7.18. The van der Waals surface area contributed by atoms with Crippen molar-refractivity contribution in [2.24, 2.45) is 5.92 Å². The fourth-order valence-corrected chi connectivity index (χ4v) is 4.76. The summed E-state index contributed by atoms with van der Waals surface area (Å²) < 4.78 is 38.8. The van der Waals surface area contributed by atoms with Crippen LogP contribution in [0.2, 0.25) is 5.02 Å². The third-order valence-corrected chi connectivity index (χ3v) is 7.44. The number of carbonyl (C=O) groups is 3.